The Morgan fingerprint density at radius 1 is 1.19 bits per heavy atom. The molecule has 3 rings (SSSR count). The molecule has 0 bridgehead atoms. The second kappa shape index (κ2) is 7.31. The summed E-state index contributed by atoms with van der Waals surface area (Å²) < 4.78 is 15.1. The first kappa shape index (κ1) is 17.5. The molecule has 0 atom stereocenters. The van der Waals surface area contributed by atoms with Gasteiger partial charge in [-0.15, -0.1) is 0 Å². The number of benzene rings is 1. The summed E-state index contributed by atoms with van der Waals surface area (Å²) >= 11 is 0. The van der Waals surface area contributed by atoms with Gasteiger partial charge in [0.25, 0.3) is 0 Å². The lowest BCUT2D eigenvalue weighted by atomic mass is 10.1. The molecule has 0 aliphatic heterocycles. The summed E-state index contributed by atoms with van der Waals surface area (Å²) in [6.07, 6.45) is 5.91. The maximum atomic E-state index is 13.4. The lowest BCUT2D eigenvalue weighted by molar-refractivity contribution is -0.131. The Bertz CT molecular complexity index is 945. The van der Waals surface area contributed by atoms with Crippen LogP contribution in [0.3, 0.4) is 0 Å². The van der Waals surface area contributed by atoms with Gasteiger partial charge in [0.05, 0.1) is 11.4 Å². The van der Waals surface area contributed by atoms with E-state index in [0.717, 1.165) is 17.2 Å². The first-order chi connectivity index (χ1) is 12.5. The maximum absolute atomic E-state index is 13.4. The molecular formula is C20H18FN3O2. The number of carboxylic acids is 1. The van der Waals surface area contributed by atoms with E-state index >= 15 is 0 Å². The lowest BCUT2D eigenvalue weighted by Gasteiger charge is -2.10. The van der Waals surface area contributed by atoms with Crippen LogP contribution in [0.25, 0.3) is 28.7 Å². The first-order valence-electron chi connectivity index (χ1n) is 8.17. The molecule has 0 spiro atoms. The Labute approximate surface area is 150 Å². The van der Waals surface area contributed by atoms with Crippen molar-refractivity contribution in [1.29, 1.82) is 0 Å². The van der Waals surface area contributed by atoms with Gasteiger partial charge in [0, 0.05) is 41.7 Å². The van der Waals surface area contributed by atoms with E-state index in [4.69, 9.17) is 10.1 Å². The van der Waals surface area contributed by atoms with E-state index in [1.54, 1.807) is 29.1 Å². The van der Waals surface area contributed by atoms with Gasteiger partial charge in [-0.1, -0.05) is 13.8 Å². The number of carboxylic acid groups (broad SMARTS) is 1. The quantitative estimate of drug-likeness (QED) is 0.691. The van der Waals surface area contributed by atoms with Crippen molar-refractivity contribution >= 4 is 12.2 Å². The molecule has 0 saturated carbocycles. The highest BCUT2D eigenvalue weighted by Gasteiger charge is 2.21. The second-order valence-electron chi connectivity index (χ2n) is 6.09. The van der Waals surface area contributed by atoms with Crippen LogP contribution in [0.1, 0.15) is 25.6 Å². The summed E-state index contributed by atoms with van der Waals surface area (Å²) in [5.74, 6) is -0.631. The molecule has 0 radical (unpaired) electrons. The van der Waals surface area contributed by atoms with Crippen molar-refractivity contribution < 1.29 is 14.3 Å². The molecule has 6 heteroatoms. The molecule has 0 aliphatic carbocycles. The molecule has 132 valence electrons. The number of aliphatic carboxylic acids is 1. The van der Waals surface area contributed by atoms with Crippen LogP contribution in [0, 0.1) is 5.82 Å². The number of hydrogen-bond acceptors (Lipinski definition) is 3. The van der Waals surface area contributed by atoms with Crippen molar-refractivity contribution in [2.75, 3.05) is 0 Å². The fourth-order valence-corrected chi connectivity index (χ4v) is 2.73. The Morgan fingerprint density at radius 3 is 2.50 bits per heavy atom. The highest BCUT2D eigenvalue weighted by Crippen LogP contribution is 2.35. The minimum Gasteiger partial charge on any atom is -0.478 e. The summed E-state index contributed by atoms with van der Waals surface area (Å²) in [5, 5.41) is 9.05. The van der Waals surface area contributed by atoms with Crippen LogP contribution in [-0.2, 0) is 4.79 Å². The van der Waals surface area contributed by atoms with Gasteiger partial charge < -0.3 is 9.67 Å². The van der Waals surface area contributed by atoms with Gasteiger partial charge in [-0.2, -0.15) is 0 Å². The predicted octanol–water partition coefficient (Wildman–Crippen LogP) is 4.43. The number of rotatable bonds is 5. The van der Waals surface area contributed by atoms with Gasteiger partial charge >= 0.3 is 5.97 Å². The minimum absolute atomic E-state index is 0.0538. The van der Waals surface area contributed by atoms with Crippen LogP contribution >= 0.6 is 0 Å². The van der Waals surface area contributed by atoms with Gasteiger partial charge in [-0.3, -0.25) is 4.98 Å². The highest BCUT2D eigenvalue weighted by atomic mass is 19.1. The van der Waals surface area contributed by atoms with Crippen LogP contribution in [0.4, 0.5) is 4.39 Å². The summed E-state index contributed by atoms with van der Waals surface area (Å²) in [6.45, 7) is 3.96. The smallest absolute Gasteiger partial charge is 0.329 e. The van der Waals surface area contributed by atoms with Crippen molar-refractivity contribution in [1.82, 2.24) is 14.5 Å². The number of halogens is 1. The van der Waals surface area contributed by atoms with Crippen LogP contribution < -0.4 is 0 Å². The molecule has 1 N–H and O–H groups in total. The van der Waals surface area contributed by atoms with Crippen LogP contribution in [0.2, 0.25) is 0 Å². The zero-order valence-corrected chi connectivity index (χ0v) is 14.4. The van der Waals surface area contributed by atoms with E-state index in [1.165, 1.54) is 18.3 Å². The van der Waals surface area contributed by atoms with E-state index < -0.39 is 5.97 Å². The Hall–Kier alpha value is -3.28. The minimum atomic E-state index is -1.05. The summed E-state index contributed by atoms with van der Waals surface area (Å²) in [5.41, 5.74) is 2.90. The van der Waals surface area contributed by atoms with Crippen molar-refractivity contribution in [2.24, 2.45) is 0 Å². The Balaban J connectivity index is 2.32. The third-order valence-corrected chi connectivity index (χ3v) is 3.87. The molecule has 1 aromatic carbocycles. The number of aromatic nitrogens is 3. The summed E-state index contributed by atoms with van der Waals surface area (Å²) in [4.78, 5) is 19.9. The fraction of sp³-hybridized carbons (Fsp3) is 0.150. The third-order valence-electron chi connectivity index (χ3n) is 3.87. The number of hydrogen-bond donors (Lipinski definition) is 1. The molecule has 3 aromatic rings. The number of imidazole rings is 1. The molecule has 0 unspecified atom stereocenters. The Kier molecular flexibility index (Phi) is 4.93. The summed E-state index contributed by atoms with van der Waals surface area (Å²) in [6, 6.07) is 9.75. The van der Waals surface area contributed by atoms with E-state index in [9.17, 15) is 9.18 Å². The van der Waals surface area contributed by atoms with Crippen LogP contribution in [0.15, 0.2) is 54.9 Å². The molecule has 0 fully saturated rings. The van der Waals surface area contributed by atoms with Gasteiger partial charge in [0.1, 0.15) is 11.6 Å². The van der Waals surface area contributed by atoms with Crippen LogP contribution in [-0.4, -0.2) is 25.6 Å². The van der Waals surface area contributed by atoms with Gasteiger partial charge in [-0.25, -0.2) is 14.2 Å². The van der Waals surface area contributed by atoms with E-state index in [-0.39, 0.29) is 11.7 Å². The average molecular weight is 351 g/mol. The largest absolute Gasteiger partial charge is 0.478 e. The SMILES string of the molecule is CC(C)c1nc(-c2cccnc2)c(-c2ccc(F)cc2)n1C=CC(=O)O. The van der Waals surface area contributed by atoms with Crippen molar-refractivity contribution in [3.63, 3.8) is 0 Å². The summed E-state index contributed by atoms with van der Waals surface area (Å²) in [7, 11) is 0. The van der Waals surface area contributed by atoms with E-state index in [1.807, 2.05) is 26.0 Å². The molecule has 0 amide bonds. The topological polar surface area (TPSA) is 68.0 Å². The van der Waals surface area contributed by atoms with Crippen molar-refractivity contribution in [3.8, 4) is 22.5 Å². The van der Waals surface area contributed by atoms with E-state index in [2.05, 4.69) is 4.98 Å². The molecule has 5 nitrogen and oxygen atoms in total. The van der Waals surface area contributed by atoms with Crippen molar-refractivity contribution in [2.45, 2.75) is 19.8 Å². The monoisotopic (exact) mass is 351 g/mol. The normalized spacial score (nSPS) is 11.4. The standard InChI is InChI=1S/C20H18FN3O2/c1-13(2)20-23-18(15-4-3-10-22-12-15)19(24(20)11-9-17(25)26)14-5-7-16(21)8-6-14/h3-13H,1-2H3,(H,25,26). The van der Waals surface area contributed by atoms with Gasteiger partial charge in [0.2, 0.25) is 0 Å². The van der Waals surface area contributed by atoms with Crippen LogP contribution in [0.5, 0.6) is 0 Å². The maximum Gasteiger partial charge on any atom is 0.329 e. The molecule has 0 saturated heterocycles. The molecule has 2 aromatic heterocycles. The number of carbonyl (C=O) groups is 1. The molecular weight excluding hydrogens is 333 g/mol. The van der Waals surface area contributed by atoms with E-state index in [0.29, 0.717) is 17.2 Å². The first-order valence-corrected chi connectivity index (χ1v) is 8.17. The zero-order chi connectivity index (χ0) is 18.7. The second-order valence-corrected chi connectivity index (χ2v) is 6.09. The number of pyridine rings is 1. The fourth-order valence-electron chi connectivity index (χ4n) is 2.73. The van der Waals surface area contributed by atoms with Crippen molar-refractivity contribution in [3.05, 3.63) is 66.5 Å². The Morgan fingerprint density at radius 2 is 1.92 bits per heavy atom. The van der Waals surface area contributed by atoms with Gasteiger partial charge in [-0.05, 0) is 36.4 Å². The average Bonchev–Trinajstić information content (AvgIpc) is 3.01. The molecule has 26 heavy (non-hydrogen) atoms. The van der Waals surface area contributed by atoms with Gasteiger partial charge in [0.15, 0.2) is 0 Å². The zero-order valence-electron chi connectivity index (χ0n) is 14.4. The highest BCUT2D eigenvalue weighted by molar-refractivity contribution is 5.85. The predicted molar refractivity (Wildman–Crippen MR) is 97.9 cm³/mol. The third kappa shape index (κ3) is 3.54. The molecule has 2 heterocycles. The molecule has 0 aliphatic rings. The lowest BCUT2D eigenvalue weighted by Crippen LogP contribution is -2.01. The number of nitrogens with zero attached hydrogens (tertiary/aromatic N) is 3.